The lowest BCUT2D eigenvalue weighted by Gasteiger charge is -2.32. The number of piperidine rings is 1. The van der Waals surface area contributed by atoms with Gasteiger partial charge in [-0.25, -0.2) is 0 Å². The first kappa shape index (κ1) is 33.6. The van der Waals surface area contributed by atoms with Crippen molar-refractivity contribution in [3.8, 4) is 5.75 Å². The number of carbonyl (C=O) groups is 4. The third kappa shape index (κ3) is 8.65. The number of hydrogen-bond acceptors (Lipinski definition) is 6. The molecule has 3 N–H and O–H groups in total. The second-order valence-electron chi connectivity index (χ2n) is 10.9. The number of amides is 3. The normalized spacial score (nSPS) is 14.9. The summed E-state index contributed by atoms with van der Waals surface area (Å²) in [7, 11) is 0. The smallest absolute Gasteiger partial charge is 0.304 e. The highest BCUT2D eigenvalue weighted by Crippen LogP contribution is 2.37. The molecule has 13 heteroatoms. The number of carboxylic acids is 1. The minimum Gasteiger partial charge on any atom is -0.481 e. The van der Waals surface area contributed by atoms with E-state index in [1.807, 2.05) is 17.5 Å². The maximum Gasteiger partial charge on any atom is 0.304 e. The van der Waals surface area contributed by atoms with Gasteiger partial charge in [-0.3, -0.25) is 19.2 Å². The van der Waals surface area contributed by atoms with E-state index in [-0.39, 0.29) is 18.5 Å². The van der Waals surface area contributed by atoms with Crippen LogP contribution in [-0.2, 0) is 19.2 Å². The molecular formula is C31H32Cl3N3O6S. The van der Waals surface area contributed by atoms with Crippen LogP contribution in [0.1, 0.15) is 38.7 Å². The van der Waals surface area contributed by atoms with Crippen LogP contribution in [0.2, 0.25) is 15.1 Å². The molecule has 0 radical (unpaired) electrons. The molecule has 2 aromatic carbocycles. The zero-order valence-corrected chi connectivity index (χ0v) is 27.2. The molecule has 9 nitrogen and oxygen atoms in total. The van der Waals surface area contributed by atoms with Gasteiger partial charge in [0.25, 0.3) is 5.91 Å². The zero-order valence-electron chi connectivity index (χ0n) is 24.1. The Morgan fingerprint density at radius 2 is 1.77 bits per heavy atom. The fourth-order valence-electron chi connectivity index (χ4n) is 4.76. The van der Waals surface area contributed by atoms with Gasteiger partial charge in [0.15, 0.2) is 5.60 Å². The number of aliphatic carboxylic acids is 1. The average Bonchev–Trinajstić information content (AvgIpc) is 3.46. The molecule has 4 rings (SSSR count). The minimum atomic E-state index is -1.29. The first-order valence-corrected chi connectivity index (χ1v) is 15.9. The fraction of sp³-hybridized carbons (Fsp3) is 0.355. The van der Waals surface area contributed by atoms with Crippen molar-refractivity contribution in [1.82, 2.24) is 15.5 Å². The molecule has 1 aromatic heterocycles. The maximum absolute atomic E-state index is 13.1. The summed E-state index contributed by atoms with van der Waals surface area (Å²) in [6.45, 7) is 3.76. The molecule has 3 amide bonds. The van der Waals surface area contributed by atoms with Crippen LogP contribution in [0.4, 0.5) is 0 Å². The van der Waals surface area contributed by atoms with Gasteiger partial charge in [-0.1, -0.05) is 34.8 Å². The van der Waals surface area contributed by atoms with Crippen molar-refractivity contribution in [3.63, 3.8) is 0 Å². The Morgan fingerprint density at radius 3 is 2.43 bits per heavy atom. The molecule has 2 heterocycles. The molecule has 1 unspecified atom stereocenters. The minimum absolute atomic E-state index is 0.184. The Hall–Kier alpha value is -3.31. The molecule has 1 atom stereocenters. The van der Waals surface area contributed by atoms with Gasteiger partial charge in [-0.15, -0.1) is 11.3 Å². The fourth-order valence-corrected chi connectivity index (χ4v) is 6.33. The number of hydrogen-bond donors (Lipinski definition) is 3. The molecule has 1 fully saturated rings. The van der Waals surface area contributed by atoms with E-state index in [0.29, 0.717) is 52.3 Å². The molecule has 3 aromatic rings. The Balaban J connectivity index is 1.28. The number of nitrogens with zero attached hydrogens (tertiary/aromatic N) is 1. The van der Waals surface area contributed by atoms with Gasteiger partial charge < -0.3 is 25.4 Å². The first-order valence-electron chi connectivity index (χ1n) is 13.9. The van der Waals surface area contributed by atoms with Crippen molar-refractivity contribution in [2.45, 2.75) is 44.8 Å². The number of fused-ring (bicyclic) bond motifs is 1. The lowest BCUT2D eigenvalue weighted by Crippen LogP contribution is -2.51. The van der Waals surface area contributed by atoms with Crippen molar-refractivity contribution in [2.24, 2.45) is 5.92 Å². The van der Waals surface area contributed by atoms with Crippen LogP contribution in [0.3, 0.4) is 0 Å². The van der Waals surface area contributed by atoms with E-state index >= 15 is 0 Å². The van der Waals surface area contributed by atoms with Gasteiger partial charge in [0, 0.05) is 36.8 Å². The second-order valence-corrected chi connectivity index (χ2v) is 13.1. The van der Waals surface area contributed by atoms with Gasteiger partial charge in [-0.05, 0) is 85.5 Å². The van der Waals surface area contributed by atoms with Gasteiger partial charge in [0.2, 0.25) is 11.8 Å². The quantitative estimate of drug-likeness (QED) is 0.212. The lowest BCUT2D eigenvalue weighted by molar-refractivity contribution is -0.142. The predicted octanol–water partition coefficient (Wildman–Crippen LogP) is 6.05. The van der Waals surface area contributed by atoms with Crippen LogP contribution in [-0.4, -0.2) is 65.0 Å². The summed E-state index contributed by atoms with van der Waals surface area (Å²) < 4.78 is 6.67. The van der Waals surface area contributed by atoms with Crippen molar-refractivity contribution >= 4 is 86.0 Å². The van der Waals surface area contributed by atoms with E-state index < -0.39 is 35.7 Å². The standard InChI is InChI=1S/C31H32Cl3N3O6S/c1-31(2,43-23-6-4-21(32)5-7-23)30(42)35-17-20(16-25(39)40)29(41)36-22-9-12-37(13-10-22)24(38)8-3-18-15-19-11-14-44-28(19)27(34)26(18)33/h3-8,11,14-15,20,22H,9-10,12-13,16-17H2,1-2H3,(H,35,42)(H,36,41)(H,39,40)/b8-3+. The van der Waals surface area contributed by atoms with E-state index in [0.717, 1.165) is 10.1 Å². The summed E-state index contributed by atoms with van der Waals surface area (Å²) in [5.41, 5.74) is -0.644. The number of halogens is 3. The van der Waals surface area contributed by atoms with Gasteiger partial charge in [0.1, 0.15) is 5.75 Å². The van der Waals surface area contributed by atoms with Crippen LogP contribution in [0.25, 0.3) is 16.2 Å². The summed E-state index contributed by atoms with van der Waals surface area (Å²) in [4.78, 5) is 51.9. The van der Waals surface area contributed by atoms with Crippen LogP contribution >= 0.6 is 46.1 Å². The Morgan fingerprint density at radius 1 is 1.09 bits per heavy atom. The monoisotopic (exact) mass is 679 g/mol. The maximum atomic E-state index is 13.1. The zero-order chi connectivity index (χ0) is 32.0. The van der Waals surface area contributed by atoms with Gasteiger partial charge >= 0.3 is 5.97 Å². The molecular weight excluding hydrogens is 649 g/mol. The number of nitrogens with one attached hydrogen (secondary N) is 2. The number of rotatable bonds is 11. The molecule has 0 saturated carbocycles. The highest BCUT2D eigenvalue weighted by molar-refractivity contribution is 7.18. The number of carboxylic acid groups (broad SMARTS) is 1. The van der Waals surface area contributed by atoms with E-state index in [2.05, 4.69) is 10.6 Å². The third-order valence-corrected chi connectivity index (χ3v) is 9.44. The van der Waals surface area contributed by atoms with E-state index in [1.54, 1.807) is 49.1 Å². The molecule has 0 spiro atoms. The SMILES string of the molecule is CC(C)(Oc1ccc(Cl)cc1)C(=O)NCC(CC(=O)O)C(=O)NC1CCN(C(=O)/C=C/c2cc3ccsc3c(Cl)c2Cl)CC1. The van der Waals surface area contributed by atoms with Crippen LogP contribution in [0.5, 0.6) is 5.75 Å². The first-order chi connectivity index (χ1) is 20.8. The summed E-state index contributed by atoms with van der Waals surface area (Å²) >= 11 is 20.2. The Labute approximate surface area is 274 Å². The molecule has 44 heavy (non-hydrogen) atoms. The average molecular weight is 681 g/mol. The van der Waals surface area contributed by atoms with Gasteiger partial charge in [-0.2, -0.15) is 0 Å². The highest BCUT2D eigenvalue weighted by Gasteiger charge is 2.33. The summed E-state index contributed by atoms with van der Waals surface area (Å²) in [6, 6.07) is 10.1. The molecule has 0 bridgehead atoms. The number of ether oxygens (including phenoxy) is 1. The predicted molar refractivity (Wildman–Crippen MR) is 174 cm³/mol. The number of likely N-dealkylation sites (tertiary alicyclic amines) is 1. The van der Waals surface area contributed by atoms with Crippen LogP contribution < -0.4 is 15.4 Å². The van der Waals surface area contributed by atoms with E-state index in [9.17, 15) is 24.3 Å². The molecule has 0 aliphatic carbocycles. The second kappa shape index (κ2) is 14.6. The number of carbonyl (C=O) groups excluding carboxylic acids is 3. The molecule has 1 saturated heterocycles. The molecule has 1 aliphatic heterocycles. The number of thiophene rings is 1. The third-order valence-electron chi connectivity index (χ3n) is 7.24. The highest BCUT2D eigenvalue weighted by atomic mass is 35.5. The number of benzene rings is 2. The van der Waals surface area contributed by atoms with Crippen LogP contribution in [0.15, 0.2) is 47.9 Å². The van der Waals surface area contributed by atoms with Crippen LogP contribution in [0, 0.1) is 5.92 Å². The largest absolute Gasteiger partial charge is 0.481 e. The summed E-state index contributed by atoms with van der Waals surface area (Å²) in [5.74, 6) is -2.91. The molecule has 1 aliphatic rings. The topological polar surface area (TPSA) is 125 Å². The summed E-state index contributed by atoms with van der Waals surface area (Å²) in [5, 5.41) is 19.2. The lowest BCUT2D eigenvalue weighted by atomic mass is 10.00. The van der Waals surface area contributed by atoms with Crippen molar-refractivity contribution in [2.75, 3.05) is 19.6 Å². The van der Waals surface area contributed by atoms with Crippen molar-refractivity contribution in [1.29, 1.82) is 0 Å². The molecule has 234 valence electrons. The van der Waals surface area contributed by atoms with Crippen molar-refractivity contribution in [3.05, 3.63) is 68.5 Å². The van der Waals surface area contributed by atoms with E-state index in [1.165, 1.54) is 17.4 Å². The summed E-state index contributed by atoms with van der Waals surface area (Å²) in [6.07, 6.45) is 3.63. The van der Waals surface area contributed by atoms with Gasteiger partial charge in [0.05, 0.1) is 27.1 Å². The van der Waals surface area contributed by atoms with Crippen molar-refractivity contribution < 1.29 is 29.0 Å². The Kier molecular flexibility index (Phi) is 11.2. The van der Waals surface area contributed by atoms with E-state index in [4.69, 9.17) is 39.5 Å². The Bertz CT molecular complexity index is 1570.